The van der Waals surface area contributed by atoms with Gasteiger partial charge in [-0.2, -0.15) is 0 Å². The first kappa shape index (κ1) is 14.0. The maximum atomic E-state index is 3.61. The molecule has 0 amide bonds. The summed E-state index contributed by atoms with van der Waals surface area (Å²) in [5.74, 6) is 0.956. The highest BCUT2D eigenvalue weighted by Gasteiger charge is 2.16. The van der Waals surface area contributed by atoms with Crippen LogP contribution in [0.3, 0.4) is 0 Å². The predicted molar refractivity (Wildman–Crippen MR) is 65.7 cm³/mol. The van der Waals surface area contributed by atoms with Crippen LogP contribution >= 0.6 is 0 Å². The smallest absolute Gasteiger partial charge is 0.00696 e. The summed E-state index contributed by atoms with van der Waals surface area (Å²) >= 11 is 0. The van der Waals surface area contributed by atoms with Crippen molar-refractivity contribution < 1.29 is 0 Å². The van der Waals surface area contributed by atoms with Gasteiger partial charge in [0.25, 0.3) is 0 Å². The van der Waals surface area contributed by atoms with E-state index in [4.69, 9.17) is 0 Å². The lowest BCUT2D eigenvalue weighted by Crippen LogP contribution is -2.37. The molecule has 14 heavy (non-hydrogen) atoms. The zero-order valence-corrected chi connectivity index (χ0v) is 10.6. The van der Waals surface area contributed by atoms with Crippen LogP contribution in [0.25, 0.3) is 0 Å². The van der Waals surface area contributed by atoms with Gasteiger partial charge in [-0.25, -0.2) is 0 Å². The Bertz CT molecular complexity index is 112. The summed E-state index contributed by atoms with van der Waals surface area (Å²) in [6.07, 6.45) is 8.36. The summed E-state index contributed by atoms with van der Waals surface area (Å²) in [6, 6.07) is 0.834. The number of nitrogens with one attached hydrogen (secondary N) is 1. The van der Waals surface area contributed by atoms with Crippen LogP contribution in [-0.2, 0) is 0 Å². The van der Waals surface area contributed by atoms with Crippen LogP contribution in [0.1, 0.15) is 66.2 Å². The normalized spacial score (nSPS) is 26.6. The maximum absolute atomic E-state index is 3.61. The van der Waals surface area contributed by atoms with Gasteiger partial charge in [0.1, 0.15) is 0 Å². The van der Waals surface area contributed by atoms with Gasteiger partial charge in [0.15, 0.2) is 0 Å². The molecule has 1 aliphatic heterocycles. The summed E-state index contributed by atoms with van der Waals surface area (Å²) in [5.41, 5.74) is 0. The Morgan fingerprint density at radius 1 is 1.21 bits per heavy atom. The van der Waals surface area contributed by atoms with E-state index in [1.807, 2.05) is 13.8 Å². The second-order valence-corrected chi connectivity index (χ2v) is 4.28. The fraction of sp³-hybridized carbons (Fsp3) is 1.00. The van der Waals surface area contributed by atoms with E-state index in [0.29, 0.717) is 0 Å². The van der Waals surface area contributed by atoms with Crippen LogP contribution in [0.15, 0.2) is 0 Å². The predicted octanol–water partition coefficient (Wildman–Crippen LogP) is 3.98. The molecule has 0 aromatic carbocycles. The van der Waals surface area contributed by atoms with Gasteiger partial charge in [0, 0.05) is 6.04 Å². The number of rotatable bonds is 4. The lowest BCUT2D eigenvalue weighted by atomic mass is 9.91. The van der Waals surface area contributed by atoms with Gasteiger partial charge in [-0.05, 0) is 31.7 Å². The van der Waals surface area contributed by atoms with Crippen LogP contribution in [0.2, 0.25) is 0 Å². The third-order valence-corrected chi connectivity index (χ3v) is 2.91. The van der Waals surface area contributed by atoms with Crippen molar-refractivity contribution in [1.82, 2.24) is 5.32 Å². The van der Waals surface area contributed by atoms with Crippen molar-refractivity contribution in [3.63, 3.8) is 0 Å². The molecular formula is C13H29N. The second-order valence-electron chi connectivity index (χ2n) is 4.28. The summed E-state index contributed by atoms with van der Waals surface area (Å²) in [4.78, 5) is 0. The van der Waals surface area contributed by atoms with Crippen molar-refractivity contribution in [2.45, 2.75) is 72.3 Å². The summed E-state index contributed by atoms with van der Waals surface area (Å²) in [5, 5.41) is 3.61. The number of unbranched alkanes of at least 4 members (excludes halogenated alkanes) is 2. The average Bonchev–Trinajstić information content (AvgIpc) is 2.21. The average molecular weight is 199 g/mol. The molecule has 0 radical (unpaired) electrons. The first-order valence-corrected chi connectivity index (χ1v) is 6.56. The zero-order chi connectivity index (χ0) is 10.8. The highest BCUT2D eigenvalue weighted by Crippen LogP contribution is 2.18. The lowest BCUT2D eigenvalue weighted by molar-refractivity contribution is 0.302. The summed E-state index contributed by atoms with van der Waals surface area (Å²) < 4.78 is 0. The van der Waals surface area contributed by atoms with Gasteiger partial charge in [-0.1, -0.05) is 47.0 Å². The minimum atomic E-state index is 0.834. The molecule has 0 aromatic rings. The van der Waals surface area contributed by atoms with Crippen LogP contribution in [0.5, 0.6) is 0 Å². The van der Waals surface area contributed by atoms with Gasteiger partial charge in [0.05, 0.1) is 0 Å². The molecule has 1 fully saturated rings. The Morgan fingerprint density at radius 3 is 2.50 bits per heavy atom. The fourth-order valence-electron chi connectivity index (χ4n) is 2.08. The minimum absolute atomic E-state index is 0.834. The summed E-state index contributed by atoms with van der Waals surface area (Å²) in [6.45, 7) is 9.91. The largest absolute Gasteiger partial charge is 0.314 e. The molecule has 1 saturated heterocycles. The maximum Gasteiger partial charge on any atom is 0.00696 e. The Kier molecular flexibility index (Phi) is 9.49. The van der Waals surface area contributed by atoms with E-state index in [1.54, 1.807) is 0 Å². The van der Waals surface area contributed by atoms with Crippen LogP contribution in [0, 0.1) is 5.92 Å². The molecular weight excluding hydrogens is 170 g/mol. The van der Waals surface area contributed by atoms with Crippen molar-refractivity contribution in [1.29, 1.82) is 0 Å². The lowest BCUT2D eigenvalue weighted by Gasteiger charge is -2.28. The van der Waals surface area contributed by atoms with E-state index in [-0.39, 0.29) is 0 Å². The standard InChI is InChI=1S/C11H23N.C2H6/c1-3-4-5-6-11-9-10(2)7-8-12-11;1-2/h10-12H,3-9H2,1-2H3;1-2H3. The number of hydrogen-bond donors (Lipinski definition) is 1. The first-order valence-electron chi connectivity index (χ1n) is 6.56. The molecule has 2 atom stereocenters. The van der Waals surface area contributed by atoms with Gasteiger partial charge >= 0.3 is 0 Å². The molecule has 86 valence electrons. The molecule has 1 rings (SSSR count). The highest BCUT2D eigenvalue weighted by molar-refractivity contribution is 4.75. The quantitative estimate of drug-likeness (QED) is 0.675. The fourth-order valence-corrected chi connectivity index (χ4v) is 2.08. The Morgan fingerprint density at radius 2 is 1.93 bits per heavy atom. The number of piperidine rings is 1. The van der Waals surface area contributed by atoms with E-state index in [2.05, 4.69) is 19.2 Å². The van der Waals surface area contributed by atoms with E-state index in [0.717, 1.165) is 12.0 Å². The van der Waals surface area contributed by atoms with Crippen LogP contribution in [0.4, 0.5) is 0 Å². The van der Waals surface area contributed by atoms with E-state index >= 15 is 0 Å². The molecule has 2 unspecified atom stereocenters. The first-order chi connectivity index (χ1) is 6.83. The van der Waals surface area contributed by atoms with E-state index in [9.17, 15) is 0 Å². The van der Waals surface area contributed by atoms with Gasteiger partial charge in [0.2, 0.25) is 0 Å². The molecule has 1 heterocycles. The summed E-state index contributed by atoms with van der Waals surface area (Å²) in [7, 11) is 0. The molecule has 1 heteroatoms. The SMILES string of the molecule is CC.CCCCCC1CC(C)CCN1. The Labute approximate surface area is 90.7 Å². The van der Waals surface area contributed by atoms with Crippen molar-refractivity contribution >= 4 is 0 Å². The van der Waals surface area contributed by atoms with Crippen molar-refractivity contribution in [3.8, 4) is 0 Å². The minimum Gasteiger partial charge on any atom is -0.314 e. The molecule has 0 spiro atoms. The third kappa shape index (κ3) is 6.42. The molecule has 1 N–H and O–H groups in total. The van der Waals surface area contributed by atoms with Gasteiger partial charge < -0.3 is 5.32 Å². The van der Waals surface area contributed by atoms with Gasteiger partial charge in [-0.3, -0.25) is 0 Å². The molecule has 1 aliphatic rings. The highest BCUT2D eigenvalue weighted by atomic mass is 14.9. The topological polar surface area (TPSA) is 12.0 Å². The van der Waals surface area contributed by atoms with Crippen molar-refractivity contribution in [2.75, 3.05) is 6.54 Å². The van der Waals surface area contributed by atoms with Crippen LogP contribution in [-0.4, -0.2) is 12.6 Å². The van der Waals surface area contributed by atoms with Crippen LogP contribution < -0.4 is 5.32 Å². The van der Waals surface area contributed by atoms with E-state index < -0.39 is 0 Å². The van der Waals surface area contributed by atoms with Crippen molar-refractivity contribution in [3.05, 3.63) is 0 Å². The zero-order valence-electron chi connectivity index (χ0n) is 10.6. The molecule has 0 saturated carbocycles. The monoisotopic (exact) mass is 199 g/mol. The molecule has 1 nitrogen and oxygen atoms in total. The third-order valence-electron chi connectivity index (χ3n) is 2.91. The Hall–Kier alpha value is -0.0400. The molecule has 0 aromatic heterocycles. The molecule has 0 aliphatic carbocycles. The molecule has 0 bridgehead atoms. The number of hydrogen-bond acceptors (Lipinski definition) is 1. The van der Waals surface area contributed by atoms with E-state index in [1.165, 1.54) is 45.1 Å². The van der Waals surface area contributed by atoms with Crippen molar-refractivity contribution in [2.24, 2.45) is 5.92 Å². The van der Waals surface area contributed by atoms with Gasteiger partial charge in [-0.15, -0.1) is 0 Å². The Balaban J connectivity index is 0.000000791. The second kappa shape index (κ2) is 9.51.